The molecule has 0 spiro atoms. The molecular weight excluding hydrogens is 362 g/mol. The molecule has 0 aliphatic heterocycles. The van der Waals surface area contributed by atoms with Crippen molar-refractivity contribution in [1.82, 2.24) is 10.3 Å². The molecule has 0 aliphatic carbocycles. The van der Waals surface area contributed by atoms with Gasteiger partial charge in [-0.15, -0.1) is 0 Å². The van der Waals surface area contributed by atoms with E-state index in [1.165, 1.54) is 0 Å². The van der Waals surface area contributed by atoms with E-state index in [9.17, 15) is 9.59 Å². The summed E-state index contributed by atoms with van der Waals surface area (Å²) in [6.07, 6.45) is 1.68. The van der Waals surface area contributed by atoms with Gasteiger partial charge in [0.2, 0.25) is 0 Å². The molecule has 3 rings (SSSR count). The Morgan fingerprint density at radius 1 is 0.926 bits per heavy atom. The average Bonchev–Trinajstić information content (AvgIpc) is 2.70. The van der Waals surface area contributed by atoms with E-state index < -0.39 is 0 Å². The molecule has 0 aliphatic rings. The second kappa shape index (κ2) is 8.47. The summed E-state index contributed by atoms with van der Waals surface area (Å²) in [7, 11) is 0. The fourth-order valence-electron chi connectivity index (χ4n) is 2.49. The summed E-state index contributed by atoms with van der Waals surface area (Å²) >= 11 is 6.07. The molecule has 0 bridgehead atoms. The molecule has 2 amide bonds. The van der Waals surface area contributed by atoms with Crippen LogP contribution in [0, 0.1) is 6.92 Å². The molecule has 27 heavy (non-hydrogen) atoms. The molecule has 2 N–H and O–H groups in total. The van der Waals surface area contributed by atoms with Crippen LogP contribution >= 0.6 is 11.6 Å². The van der Waals surface area contributed by atoms with E-state index in [1.807, 2.05) is 25.1 Å². The van der Waals surface area contributed by atoms with Crippen LogP contribution < -0.4 is 10.6 Å². The highest BCUT2D eigenvalue weighted by atomic mass is 35.5. The molecular formula is C21H18ClN3O2. The Hall–Kier alpha value is -3.18. The number of nitrogens with one attached hydrogen (secondary N) is 2. The molecule has 0 fully saturated rings. The van der Waals surface area contributed by atoms with E-state index >= 15 is 0 Å². The van der Waals surface area contributed by atoms with Crippen LogP contribution in [0.4, 0.5) is 5.69 Å². The molecule has 0 saturated heterocycles. The Morgan fingerprint density at radius 2 is 1.63 bits per heavy atom. The fourth-order valence-corrected chi connectivity index (χ4v) is 2.66. The number of hydrogen-bond donors (Lipinski definition) is 2. The molecule has 0 unspecified atom stereocenters. The van der Waals surface area contributed by atoms with Gasteiger partial charge >= 0.3 is 0 Å². The first-order valence-electron chi connectivity index (χ1n) is 8.39. The van der Waals surface area contributed by atoms with Gasteiger partial charge in [0.25, 0.3) is 11.8 Å². The van der Waals surface area contributed by atoms with E-state index in [1.54, 1.807) is 48.7 Å². The van der Waals surface area contributed by atoms with Crippen molar-refractivity contribution in [3.05, 3.63) is 94.3 Å². The number of amides is 2. The summed E-state index contributed by atoms with van der Waals surface area (Å²) in [5.41, 5.74) is 3.17. The van der Waals surface area contributed by atoms with Crippen LogP contribution in [0.1, 0.15) is 32.0 Å². The lowest BCUT2D eigenvalue weighted by Crippen LogP contribution is -2.23. The second-order valence-electron chi connectivity index (χ2n) is 5.95. The maximum Gasteiger partial charge on any atom is 0.255 e. The molecule has 1 aromatic heterocycles. The SMILES string of the molecule is Cc1c(Cl)cccc1NC(=O)c1ccc(C(=O)NCc2ccccn2)cc1. The quantitative estimate of drug-likeness (QED) is 0.697. The van der Waals surface area contributed by atoms with Gasteiger partial charge in [-0.3, -0.25) is 14.6 Å². The Morgan fingerprint density at radius 3 is 2.30 bits per heavy atom. The van der Waals surface area contributed by atoms with Gasteiger partial charge in [0, 0.05) is 28.0 Å². The highest BCUT2D eigenvalue weighted by Gasteiger charge is 2.11. The minimum Gasteiger partial charge on any atom is -0.346 e. The van der Waals surface area contributed by atoms with E-state index in [0.29, 0.717) is 28.4 Å². The highest BCUT2D eigenvalue weighted by molar-refractivity contribution is 6.31. The van der Waals surface area contributed by atoms with Crippen LogP contribution in [0.15, 0.2) is 66.9 Å². The standard InChI is InChI=1S/C21H18ClN3O2/c1-14-18(22)6-4-7-19(14)25-21(27)16-10-8-15(9-11-16)20(26)24-13-17-5-2-3-12-23-17/h2-12H,13H2,1H3,(H,24,26)(H,25,27). The average molecular weight is 380 g/mol. The summed E-state index contributed by atoms with van der Waals surface area (Å²) in [6, 6.07) is 17.3. The Balaban J connectivity index is 1.63. The Kier molecular flexibility index (Phi) is 5.84. The lowest BCUT2D eigenvalue weighted by atomic mass is 10.1. The smallest absolute Gasteiger partial charge is 0.255 e. The van der Waals surface area contributed by atoms with Gasteiger partial charge in [-0.05, 0) is 61.0 Å². The van der Waals surface area contributed by atoms with Crippen LogP contribution in [0.25, 0.3) is 0 Å². The minimum absolute atomic E-state index is 0.224. The van der Waals surface area contributed by atoms with Crippen molar-refractivity contribution in [2.45, 2.75) is 13.5 Å². The number of anilines is 1. The molecule has 0 radical (unpaired) electrons. The first kappa shape index (κ1) is 18.6. The number of hydrogen-bond acceptors (Lipinski definition) is 3. The molecule has 1 heterocycles. The van der Waals surface area contributed by atoms with Crippen molar-refractivity contribution in [3.8, 4) is 0 Å². The van der Waals surface area contributed by atoms with Crippen molar-refractivity contribution in [1.29, 1.82) is 0 Å². The van der Waals surface area contributed by atoms with Crippen LogP contribution in [-0.4, -0.2) is 16.8 Å². The third kappa shape index (κ3) is 4.71. The van der Waals surface area contributed by atoms with Crippen molar-refractivity contribution in [3.63, 3.8) is 0 Å². The number of nitrogens with zero attached hydrogens (tertiary/aromatic N) is 1. The van der Waals surface area contributed by atoms with E-state index in [-0.39, 0.29) is 11.8 Å². The number of rotatable bonds is 5. The number of carbonyl (C=O) groups is 2. The summed E-state index contributed by atoms with van der Waals surface area (Å²) < 4.78 is 0. The van der Waals surface area contributed by atoms with E-state index in [0.717, 1.165) is 11.3 Å². The molecule has 0 saturated carbocycles. The zero-order chi connectivity index (χ0) is 19.2. The topological polar surface area (TPSA) is 71.1 Å². The normalized spacial score (nSPS) is 10.3. The van der Waals surface area contributed by atoms with Crippen molar-refractivity contribution >= 4 is 29.1 Å². The van der Waals surface area contributed by atoms with Crippen molar-refractivity contribution < 1.29 is 9.59 Å². The molecule has 6 heteroatoms. The van der Waals surface area contributed by atoms with Gasteiger partial charge in [0.15, 0.2) is 0 Å². The van der Waals surface area contributed by atoms with Gasteiger partial charge in [-0.1, -0.05) is 23.7 Å². The lowest BCUT2D eigenvalue weighted by Gasteiger charge is -2.10. The largest absolute Gasteiger partial charge is 0.346 e. The van der Waals surface area contributed by atoms with Crippen LogP contribution in [0.5, 0.6) is 0 Å². The fraction of sp³-hybridized carbons (Fsp3) is 0.0952. The summed E-state index contributed by atoms with van der Waals surface area (Å²) in [6.45, 7) is 2.18. The Bertz CT molecular complexity index is 957. The predicted octanol–water partition coefficient (Wildman–Crippen LogP) is 4.23. The third-order valence-corrected chi connectivity index (χ3v) is 4.49. The van der Waals surface area contributed by atoms with Crippen molar-refractivity contribution in [2.24, 2.45) is 0 Å². The van der Waals surface area contributed by atoms with E-state index in [4.69, 9.17) is 11.6 Å². The van der Waals surface area contributed by atoms with Crippen molar-refractivity contribution in [2.75, 3.05) is 5.32 Å². The van der Waals surface area contributed by atoms with E-state index in [2.05, 4.69) is 15.6 Å². The Labute approximate surface area is 162 Å². The van der Waals surface area contributed by atoms with Gasteiger partial charge < -0.3 is 10.6 Å². The maximum absolute atomic E-state index is 12.4. The minimum atomic E-state index is -0.263. The number of halogens is 1. The summed E-state index contributed by atoms with van der Waals surface area (Å²) in [5, 5.41) is 6.22. The molecule has 0 atom stereocenters. The number of aromatic nitrogens is 1. The van der Waals surface area contributed by atoms with Gasteiger partial charge in [0.05, 0.1) is 12.2 Å². The third-order valence-electron chi connectivity index (χ3n) is 4.08. The second-order valence-corrected chi connectivity index (χ2v) is 6.35. The number of carbonyl (C=O) groups excluding carboxylic acids is 2. The predicted molar refractivity (Wildman–Crippen MR) is 106 cm³/mol. The maximum atomic E-state index is 12.4. The van der Waals surface area contributed by atoms with Gasteiger partial charge in [-0.2, -0.15) is 0 Å². The number of benzene rings is 2. The molecule has 136 valence electrons. The zero-order valence-corrected chi connectivity index (χ0v) is 15.5. The van der Waals surface area contributed by atoms with Crippen LogP contribution in [0.2, 0.25) is 5.02 Å². The molecule has 5 nitrogen and oxygen atoms in total. The van der Waals surface area contributed by atoms with Gasteiger partial charge in [0.1, 0.15) is 0 Å². The molecule has 2 aromatic carbocycles. The molecule has 3 aromatic rings. The van der Waals surface area contributed by atoms with Crippen LogP contribution in [0.3, 0.4) is 0 Å². The lowest BCUT2D eigenvalue weighted by molar-refractivity contribution is 0.0948. The summed E-state index contributed by atoms with van der Waals surface area (Å²) in [5.74, 6) is -0.487. The first-order valence-corrected chi connectivity index (χ1v) is 8.77. The zero-order valence-electron chi connectivity index (χ0n) is 14.7. The monoisotopic (exact) mass is 379 g/mol. The van der Waals surface area contributed by atoms with Gasteiger partial charge in [-0.25, -0.2) is 0 Å². The summed E-state index contributed by atoms with van der Waals surface area (Å²) in [4.78, 5) is 28.8. The number of pyridine rings is 1. The van der Waals surface area contributed by atoms with Crippen LogP contribution in [-0.2, 0) is 6.54 Å². The first-order chi connectivity index (χ1) is 13.0. The highest BCUT2D eigenvalue weighted by Crippen LogP contribution is 2.23.